The van der Waals surface area contributed by atoms with Crippen LogP contribution in [0.5, 0.6) is 0 Å². The number of hydrogen-bond acceptors (Lipinski definition) is 3. The number of hydrogen-bond donors (Lipinski definition) is 2. The van der Waals surface area contributed by atoms with E-state index >= 15 is 0 Å². The van der Waals surface area contributed by atoms with E-state index in [1.54, 1.807) is 6.92 Å². The van der Waals surface area contributed by atoms with Crippen molar-refractivity contribution in [3.8, 4) is 0 Å². The van der Waals surface area contributed by atoms with Gasteiger partial charge in [0.25, 0.3) is 0 Å². The molecule has 0 aromatic heterocycles. The highest BCUT2D eigenvalue weighted by molar-refractivity contribution is 5.80. The molecule has 0 aromatic rings. The molecule has 0 aliphatic heterocycles. The minimum Gasteiger partial charge on any atom is -0.372 e. The van der Waals surface area contributed by atoms with Crippen molar-refractivity contribution in [2.24, 2.45) is 5.73 Å². The van der Waals surface area contributed by atoms with Crippen LogP contribution in [-0.4, -0.2) is 31.2 Å². The summed E-state index contributed by atoms with van der Waals surface area (Å²) in [5, 5.41) is 2.93. The number of ether oxygens (including phenoxy) is 1. The third-order valence-electron chi connectivity index (χ3n) is 2.87. The molecule has 1 rings (SSSR count). The summed E-state index contributed by atoms with van der Waals surface area (Å²) in [5.41, 5.74) is 5.91. The van der Waals surface area contributed by atoms with Gasteiger partial charge in [-0.2, -0.15) is 0 Å². The van der Waals surface area contributed by atoms with Gasteiger partial charge in [-0.25, -0.2) is 0 Å². The minimum atomic E-state index is -0.385. The molecule has 4 heteroatoms. The van der Waals surface area contributed by atoms with Crippen LogP contribution in [0.25, 0.3) is 0 Å². The lowest BCUT2D eigenvalue weighted by Gasteiger charge is -2.30. The van der Waals surface area contributed by atoms with Crippen LogP contribution >= 0.6 is 0 Å². The van der Waals surface area contributed by atoms with E-state index in [-0.39, 0.29) is 24.1 Å². The lowest BCUT2D eigenvalue weighted by Crippen LogP contribution is -2.51. The van der Waals surface area contributed by atoms with Crippen LogP contribution in [0.2, 0.25) is 0 Å². The van der Waals surface area contributed by atoms with Crippen molar-refractivity contribution in [2.75, 3.05) is 7.11 Å². The fraction of sp³-hybridized carbons (Fsp3) is 0.900. The van der Waals surface area contributed by atoms with Gasteiger partial charge in [-0.15, -0.1) is 0 Å². The molecular formula is C10H20N2O2. The molecule has 0 spiro atoms. The van der Waals surface area contributed by atoms with Crippen molar-refractivity contribution in [3.05, 3.63) is 0 Å². The molecule has 14 heavy (non-hydrogen) atoms. The fourth-order valence-electron chi connectivity index (χ4n) is 1.75. The van der Waals surface area contributed by atoms with E-state index in [9.17, 15) is 4.79 Å². The van der Waals surface area contributed by atoms with E-state index in [0.29, 0.717) is 0 Å². The van der Waals surface area contributed by atoms with Gasteiger partial charge in [-0.3, -0.25) is 4.79 Å². The zero-order valence-electron chi connectivity index (χ0n) is 8.95. The molecule has 0 aromatic carbocycles. The quantitative estimate of drug-likeness (QED) is 0.693. The zero-order valence-corrected chi connectivity index (χ0v) is 8.95. The van der Waals surface area contributed by atoms with E-state index in [1.807, 2.05) is 0 Å². The largest absolute Gasteiger partial charge is 0.372 e. The van der Waals surface area contributed by atoms with Gasteiger partial charge >= 0.3 is 0 Å². The molecule has 3 atom stereocenters. The predicted molar refractivity (Wildman–Crippen MR) is 54.8 cm³/mol. The summed E-state index contributed by atoms with van der Waals surface area (Å²) >= 11 is 0. The normalized spacial score (nSPS) is 29.6. The molecule has 0 radical (unpaired) electrons. The molecule has 1 amide bonds. The molecule has 1 saturated carbocycles. The maximum Gasteiger partial charge on any atom is 0.249 e. The summed E-state index contributed by atoms with van der Waals surface area (Å²) < 4.78 is 4.94. The molecule has 0 heterocycles. The van der Waals surface area contributed by atoms with Gasteiger partial charge in [0, 0.05) is 19.2 Å². The summed E-state index contributed by atoms with van der Waals surface area (Å²) in [6.07, 6.45) is 3.94. The maximum atomic E-state index is 11.5. The van der Waals surface area contributed by atoms with Crippen LogP contribution in [0.3, 0.4) is 0 Å². The van der Waals surface area contributed by atoms with Gasteiger partial charge < -0.3 is 15.8 Å². The van der Waals surface area contributed by atoms with Crippen LogP contribution in [0.1, 0.15) is 32.6 Å². The zero-order chi connectivity index (χ0) is 10.6. The molecule has 4 nitrogen and oxygen atoms in total. The van der Waals surface area contributed by atoms with Crippen molar-refractivity contribution in [2.45, 2.75) is 50.8 Å². The van der Waals surface area contributed by atoms with E-state index in [4.69, 9.17) is 10.5 Å². The highest BCUT2D eigenvalue weighted by atomic mass is 16.5. The second kappa shape index (κ2) is 5.32. The second-order valence-corrected chi connectivity index (χ2v) is 3.94. The summed E-state index contributed by atoms with van der Waals surface area (Å²) in [6, 6.07) is 0.241. The van der Waals surface area contributed by atoms with Gasteiger partial charge in [0.1, 0.15) is 6.10 Å². The summed E-state index contributed by atoms with van der Waals surface area (Å²) in [6.45, 7) is 1.74. The summed E-state index contributed by atoms with van der Waals surface area (Å²) in [5.74, 6) is -0.0603. The summed E-state index contributed by atoms with van der Waals surface area (Å²) in [4.78, 5) is 11.5. The van der Waals surface area contributed by atoms with Crippen molar-refractivity contribution in [1.82, 2.24) is 5.32 Å². The monoisotopic (exact) mass is 200 g/mol. The Bertz CT molecular complexity index is 197. The van der Waals surface area contributed by atoms with Gasteiger partial charge in [0.2, 0.25) is 5.91 Å². The molecule has 0 bridgehead atoms. The predicted octanol–water partition coefficient (Wildman–Crippen LogP) is 0.407. The van der Waals surface area contributed by atoms with E-state index in [2.05, 4.69) is 5.32 Å². The Morgan fingerprint density at radius 1 is 1.50 bits per heavy atom. The molecular weight excluding hydrogens is 180 g/mol. The average molecular weight is 200 g/mol. The number of amides is 1. The Hall–Kier alpha value is -0.610. The van der Waals surface area contributed by atoms with Crippen molar-refractivity contribution in [3.63, 3.8) is 0 Å². The lowest BCUT2D eigenvalue weighted by molar-refractivity contribution is -0.131. The Labute approximate surface area is 85.2 Å². The van der Waals surface area contributed by atoms with Gasteiger partial charge in [-0.1, -0.05) is 12.8 Å². The Kier molecular flexibility index (Phi) is 4.35. The van der Waals surface area contributed by atoms with Gasteiger partial charge in [-0.05, 0) is 19.8 Å². The standard InChI is InChI=1S/C10H20N2O2/c1-7(14-2)10(13)12-9-6-4-3-5-8(9)11/h7-9H,3-6,11H2,1-2H3,(H,12,13). The Balaban J connectivity index is 2.38. The summed E-state index contributed by atoms with van der Waals surface area (Å²) in [7, 11) is 1.53. The van der Waals surface area contributed by atoms with Gasteiger partial charge in [0.15, 0.2) is 0 Å². The molecule has 1 aliphatic rings. The smallest absolute Gasteiger partial charge is 0.249 e. The first kappa shape index (κ1) is 11.5. The number of nitrogens with two attached hydrogens (primary N) is 1. The number of carbonyl (C=O) groups is 1. The Morgan fingerprint density at radius 2 is 2.14 bits per heavy atom. The number of rotatable bonds is 3. The van der Waals surface area contributed by atoms with E-state index in [1.165, 1.54) is 13.5 Å². The third-order valence-corrected chi connectivity index (χ3v) is 2.87. The molecule has 3 N–H and O–H groups in total. The van der Waals surface area contributed by atoms with E-state index < -0.39 is 0 Å². The first-order valence-corrected chi connectivity index (χ1v) is 5.24. The van der Waals surface area contributed by atoms with Crippen LogP contribution in [-0.2, 0) is 9.53 Å². The number of nitrogens with one attached hydrogen (secondary N) is 1. The van der Waals surface area contributed by atoms with Crippen LogP contribution in [0.15, 0.2) is 0 Å². The maximum absolute atomic E-state index is 11.5. The van der Waals surface area contributed by atoms with Crippen molar-refractivity contribution in [1.29, 1.82) is 0 Å². The van der Waals surface area contributed by atoms with Crippen LogP contribution in [0, 0.1) is 0 Å². The highest BCUT2D eigenvalue weighted by Gasteiger charge is 2.24. The minimum absolute atomic E-state index is 0.0603. The highest BCUT2D eigenvalue weighted by Crippen LogP contribution is 2.16. The topological polar surface area (TPSA) is 64.3 Å². The van der Waals surface area contributed by atoms with Crippen LogP contribution in [0.4, 0.5) is 0 Å². The van der Waals surface area contributed by atoms with Crippen LogP contribution < -0.4 is 11.1 Å². The number of carbonyl (C=O) groups excluding carboxylic acids is 1. The Morgan fingerprint density at radius 3 is 2.71 bits per heavy atom. The molecule has 3 unspecified atom stereocenters. The molecule has 1 fully saturated rings. The first-order valence-electron chi connectivity index (χ1n) is 5.24. The van der Waals surface area contributed by atoms with Gasteiger partial charge in [0.05, 0.1) is 0 Å². The van der Waals surface area contributed by atoms with Crippen molar-refractivity contribution >= 4 is 5.91 Å². The average Bonchev–Trinajstić information content (AvgIpc) is 2.20. The second-order valence-electron chi connectivity index (χ2n) is 3.94. The van der Waals surface area contributed by atoms with Crippen molar-refractivity contribution < 1.29 is 9.53 Å². The molecule has 0 saturated heterocycles. The number of methoxy groups -OCH3 is 1. The fourth-order valence-corrected chi connectivity index (χ4v) is 1.75. The first-order chi connectivity index (χ1) is 6.65. The SMILES string of the molecule is COC(C)C(=O)NC1CCCCC1N. The molecule has 82 valence electrons. The van der Waals surface area contributed by atoms with E-state index in [0.717, 1.165) is 19.3 Å². The third kappa shape index (κ3) is 2.96. The molecule has 1 aliphatic carbocycles. The lowest BCUT2D eigenvalue weighted by atomic mass is 9.91.